The van der Waals surface area contributed by atoms with Crippen molar-refractivity contribution in [1.82, 2.24) is 30.0 Å². The Kier molecular flexibility index (Phi) is 3.90. The molecule has 1 aromatic carbocycles. The molecule has 1 N–H and O–H groups in total. The molecule has 0 spiro atoms. The molecule has 0 amide bonds. The van der Waals surface area contributed by atoms with Crippen LogP contribution in [0.15, 0.2) is 42.7 Å². The Morgan fingerprint density at radius 2 is 1.92 bits per heavy atom. The topological polar surface area (TPSA) is 102 Å². The lowest BCUT2D eigenvalue weighted by Gasteiger charge is -2.38. The quantitative estimate of drug-likeness (QED) is 0.753. The number of aryl methyl sites for hydroxylation is 1. The number of rotatable bonds is 4. The zero-order valence-corrected chi connectivity index (χ0v) is 14.4. The highest BCUT2D eigenvalue weighted by atomic mass is 16.4. The van der Waals surface area contributed by atoms with Gasteiger partial charge in [0.2, 0.25) is 5.95 Å². The molecule has 1 aliphatic rings. The highest BCUT2D eigenvalue weighted by Crippen LogP contribution is 2.32. The maximum atomic E-state index is 12.0. The Balaban J connectivity index is 1.59. The van der Waals surface area contributed by atoms with Gasteiger partial charge in [-0.2, -0.15) is 9.78 Å². The first-order valence-electron chi connectivity index (χ1n) is 8.44. The summed E-state index contributed by atoms with van der Waals surface area (Å²) in [5.41, 5.74) is 0.779. The van der Waals surface area contributed by atoms with E-state index in [1.807, 2.05) is 42.2 Å². The van der Waals surface area contributed by atoms with E-state index < -0.39 is 11.5 Å². The van der Waals surface area contributed by atoms with Crippen LogP contribution in [0.4, 0.5) is 5.95 Å². The Bertz CT molecular complexity index is 910. The average Bonchev–Trinajstić information content (AvgIpc) is 3.32. The molecule has 0 unspecified atom stereocenters. The third kappa shape index (κ3) is 2.61. The maximum Gasteiger partial charge on any atom is 0.331 e. The van der Waals surface area contributed by atoms with Crippen molar-refractivity contribution >= 4 is 11.9 Å². The fourth-order valence-electron chi connectivity index (χ4n) is 3.38. The number of para-hydroxylation sites is 1. The van der Waals surface area contributed by atoms with Gasteiger partial charge in [-0.25, -0.2) is 4.79 Å². The van der Waals surface area contributed by atoms with Crippen LogP contribution in [0, 0.1) is 6.92 Å². The molecule has 4 rings (SSSR count). The summed E-state index contributed by atoms with van der Waals surface area (Å²) in [6.07, 6.45) is 4.32. The summed E-state index contributed by atoms with van der Waals surface area (Å²) in [6.45, 7) is 2.96. The van der Waals surface area contributed by atoms with Crippen molar-refractivity contribution in [3.8, 4) is 5.69 Å². The molecule has 3 aromatic rings. The lowest BCUT2D eigenvalue weighted by molar-refractivity contribution is -0.149. The van der Waals surface area contributed by atoms with Crippen molar-refractivity contribution in [2.45, 2.75) is 25.3 Å². The van der Waals surface area contributed by atoms with Gasteiger partial charge >= 0.3 is 5.97 Å². The van der Waals surface area contributed by atoms with Gasteiger partial charge in [0.25, 0.3) is 0 Å². The summed E-state index contributed by atoms with van der Waals surface area (Å²) >= 11 is 0. The lowest BCUT2D eigenvalue weighted by Crippen LogP contribution is -2.51. The zero-order valence-electron chi connectivity index (χ0n) is 14.4. The molecule has 1 aliphatic heterocycles. The normalized spacial score (nSPS) is 16.6. The molecule has 9 heteroatoms. The number of aromatic nitrogens is 6. The van der Waals surface area contributed by atoms with Crippen molar-refractivity contribution in [2.75, 3.05) is 18.0 Å². The third-order valence-electron chi connectivity index (χ3n) is 4.88. The monoisotopic (exact) mass is 353 g/mol. The van der Waals surface area contributed by atoms with Gasteiger partial charge in [-0.05, 0) is 35.0 Å². The van der Waals surface area contributed by atoms with E-state index in [1.165, 1.54) is 0 Å². The second-order valence-electron chi connectivity index (χ2n) is 6.51. The van der Waals surface area contributed by atoms with E-state index in [0.717, 1.165) is 11.3 Å². The molecule has 1 saturated heterocycles. The van der Waals surface area contributed by atoms with E-state index in [0.29, 0.717) is 31.9 Å². The van der Waals surface area contributed by atoms with Gasteiger partial charge < -0.3 is 10.0 Å². The molecule has 0 saturated carbocycles. The predicted molar refractivity (Wildman–Crippen MR) is 93.2 cm³/mol. The predicted octanol–water partition coefficient (Wildman–Crippen LogP) is 1.25. The molecule has 0 radical (unpaired) electrons. The van der Waals surface area contributed by atoms with Crippen molar-refractivity contribution in [1.29, 1.82) is 0 Å². The van der Waals surface area contributed by atoms with Crippen LogP contribution in [-0.4, -0.2) is 54.2 Å². The van der Waals surface area contributed by atoms with Crippen LogP contribution < -0.4 is 4.90 Å². The van der Waals surface area contributed by atoms with Gasteiger partial charge in [-0.1, -0.05) is 23.3 Å². The Morgan fingerprint density at radius 3 is 2.54 bits per heavy atom. The van der Waals surface area contributed by atoms with Gasteiger partial charge in [-0.15, -0.1) is 0 Å². The van der Waals surface area contributed by atoms with Gasteiger partial charge in [0.15, 0.2) is 5.54 Å². The second kappa shape index (κ2) is 6.25. The summed E-state index contributed by atoms with van der Waals surface area (Å²) in [5, 5.41) is 26.1. The molecule has 3 heterocycles. The fraction of sp³-hybridized carbons (Fsp3) is 0.353. The van der Waals surface area contributed by atoms with Crippen LogP contribution in [0.25, 0.3) is 5.69 Å². The highest BCUT2D eigenvalue weighted by molar-refractivity contribution is 5.77. The number of nitrogens with zero attached hydrogens (tertiary/aromatic N) is 7. The van der Waals surface area contributed by atoms with Crippen LogP contribution in [0.5, 0.6) is 0 Å². The molecule has 9 nitrogen and oxygen atoms in total. The Labute approximate surface area is 149 Å². The molecular formula is C17H19N7O2. The number of aliphatic carboxylic acids is 1. The number of piperidine rings is 1. The first-order valence-corrected chi connectivity index (χ1v) is 8.44. The highest BCUT2D eigenvalue weighted by Gasteiger charge is 2.44. The van der Waals surface area contributed by atoms with E-state index in [2.05, 4.69) is 20.6 Å². The smallest absolute Gasteiger partial charge is 0.331 e. The molecule has 1 fully saturated rings. The molecule has 2 aromatic heterocycles. The molecule has 26 heavy (non-hydrogen) atoms. The SMILES string of the molecule is Cc1cnn(C2(C(=O)O)CCN(c3nnnn3-c3ccccc3)CC2)c1. The van der Waals surface area contributed by atoms with Crippen LogP contribution in [0.2, 0.25) is 0 Å². The summed E-state index contributed by atoms with van der Waals surface area (Å²) in [5.74, 6) is -0.241. The Morgan fingerprint density at radius 1 is 1.19 bits per heavy atom. The zero-order chi connectivity index (χ0) is 18.1. The molecule has 0 aliphatic carbocycles. The average molecular weight is 353 g/mol. The summed E-state index contributed by atoms with van der Waals surface area (Å²) < 4.78 is 3.26. The fourth-order valence-corrected chi connectivity index (χ4v) is 3.38. The van der Waals surface area contributed by atoms with E-state index in [-0.39, 0.29) is 0 Å². The molecular weight excluding hydrogens is 334 g/mol. The number of carboxylic acid groups (broad SMARTS) is 1. The summed E-state index contributed by atoms with van der Waals surface area (Å²) in [7, 11) is 0. The molecule has 134 valence electrons. The first-order chi connectivity index (χ1) is 12.6. The molecule has 0 atom stereocenters. The van der Waals surface area contributed by atoms with E-state index in [4.69, 9.17) is 0 Å². The number of tetrazole rings is 1. The molecule has 0 bridgehead atoms. The minimum absolute atomic E-state index is 0.422. The minimum atomic E-state index is -1.03. The van der Waals surface area contributed by atoms with Gasteiger partial charge in [0.1, 0.15) is 0 Å². The van der Waals surface area contributed by atoms with Crippen molar-refractivity contribution in [3.63, 3.8) is 0 Å². The summed E-state index contributed by atoms with van der Waals surface area (Å²) in [4.78, 5) is 14.1. The minimum Gasteiger partial charge on any atom is -0.479 e. The largest absolute Gasteiger partial charge is 0.479 e. The van der Waals surface area contributed by atoms with Crippen LogP contribution in [0.3, 0.4) is 0 Å². The van der Waals surface area contributed by atoms with Crippen LogP contribution in [-0.2, 0) is 10.3 Å². The number of benzene rings is 1. The maximum absolute atomic E-state index is 12.0. The third-order valence-corrected chi connectivity index (χ3v) is 4.88. The van der Waals surface area contributed by atoms with Crippen LogP contribution in [0.1, 0.15) is 18.4 Å². The van der Waals surface area contributed by atoms with E-state index in [1.54, 1.807) is 21.8 Å². The van der Waals surface area contributed by atoms with Gasteiger partial charge in [0.05, 0.1) is 11.9 Å². The lowest BCUT2D eigenvalue weighted by atomic mass is 9.87. The van der Waals surface area contributed by atoms with Crippen molar-refractivity contribution in [2.24, 2.45) is 0 Å². The van der Waals surface area contributed by atoms with Crippen molar-refractivity contribution in [3.05, 3.63) is 48.3 Å². The van der Waals surface area contributed by atoms with E-state index >= 15 is 0 Å². The van der Waals surface area contributed by atoms with Gasteiger partial charge in [-0.3, -0.25) is 4.68 Å². The summed E-state index contributed by atoms with van der Waals surface area (Å²) in [6, 6.07) is 9.64. The number of hydrogen-bond donors (Lipinski definition) is 1. The number of hydrogen-bond acceptors (Lipinski definition) is 6. The van der Waals surface area contributed by atoms with E-state index in [9.17, 15) is 9.90 Å². The van der Waals surface area contributed by atoms with Crippen LogP contribution >= 0.6 is 0 Å². The van der Waals surface area contributed by atoms with Crippen molar-refractivity contribution < 1.29 is 9.90 Å². The number of carbonyl (C=O) groups is 1. The standard InChI is InChI=1S/C17H19N7O2/c1-13-11-18-23(12-13)17(15(25)26)7-9-22(10-8-17)16-19-20-21-24(16)14-5-3-2-4-6-14/h2-6,11-12H,7-10H2,1H3,(H,25,26). The second-order valence-corrected chi connectivity index (χ2v) is 6.51. The first kappa shape index (κ1) is 16.2. The Hall–Kier alpha value is -3.23. The number of carboxylic acids is 1. The number of anilines is 1. The van der Waals surface area contributed by atoms with Gasteiger partial charge in [0, 0.05) is 32.1 Å².